The molecule has 18 heavy (non-hydrogen) atoms. The molecule has 1 N–H and O–H groups in total. The monoisotopic (exact) mass is 308 g/mol. The van der Waals surface area contributed by atoms with Gasteiger partial charge in [0.15, 0.2) is 0 Å². The third kappa shape index (κ3) is 3.19. The molecule has 2 rings (SSSR count). The van der Waals surface area contributed by atoms with Gasteiger partial charge in [-0.2, -0.15) is 5.10 Å². The van der Waals surface area contributed by atoms with Crippen molar-refractivity contribution in [1.29, 1.82) is 0 Å². The lowest BCUT2D eigenvalue weighted by atomic mass is 9.89. The zero-order valence-corrected chi connectivity index (χ0v) is 12.0. The minimum absolute atomic E-state index is 0.159. The molecule has 1 atom stereocenters. The van der Waals surface area contributed by atoms with Crippen molar-refractivity contribution in [2.24, 2.45) is 11.0 Å². The van der Waals surface area contributed by atoms with Crippen LogP contribution in [0.4, 0.5) is 0 Å². The van der Waals surface area contributed by atoms with Gasteiger partial charge in [-0.05, 0) is 53.2 Å². The number of carbonyl (C=O) groups excluding carboxylic acids is 1. The first-order valence-electron chi connectivity index (χ1n) is 6.30. The second-order valence-corrected chi connectivity index (χ2v) is 5.53. The zero-order valence-electron chi connectivity index (χ0n) is 10.4. The highest BCUT2D eigenvalue weighted by atomic mass is 79.9. The summed E-state index contributed by atoms with van der Waals surface area (Å²) in [6.07, 6.45) is 4.60. The van der Waals surface area contributed by atoms with Crippen LogP contribution in [0.2, 0.25) is 0 Å². The van der Waals surface area contributed by atoms with Gasteiger partial charge in [0.25, 0.3) is 5.91 Å². The molecule has 0 bridgehead atoms. The van der Waals surface area contributed by atoms with Crippen molar-refractivity contribution in [3.63, 3.8) is 0 Å². The number of hydrazone groups is 1. The molecule has 0 heterocycles. The van der Waals surface area contributed by atoms with Crippen LogP contribution in [0.5, 0.6) is 0 Å². The molecule has 1 aromatic rings. The van der Waals surface area contributed by atoms with Gasteiger partial charge in [-0.25, -0.2) is 5.43 Å². The highest BCUT2D eigenvalue weighted by molar-refractivity contribution is 9.10. The Morgan fingerprint density at radius 2 is 2.17 bits per heavy atom. The van der Waals surface area contributed by atoms with Gasteiger partial charge in [-0.1, -0.05) is 25.5 Å². The first-order valence-corrected chi connectivity index (χ1v) is 7.09. The van der Waals surface area contributed by atoms with E-state index in [9.17, 15) is 4.79 Å². The molecule has 1 aliphatic carbocycles. The van der Waals surface area contributed by atoms with Crippen molar-refractivity contribution in [1.82, 2.24) is 5.43 Å². The zero-order chi connectivity index (χ0) is 13.0. The first-order chi connectivity index (χ1) is 8.68. The van der Waals surface area contributed by atoms with E-state index in [2.05, 4.69) is 33.4 Å². The molecule has 0 aromatic heterocycles. The normalized spacial score (nSPS) is 21.9. The predicted molar refractivity (Wildman–Crippen MR) is 76.7 cm³/mol. The molecular formula is C14H17BrN2O. The summed E-state index contributed by atoms with van der Waals surface area (Å²) in [6.45, 7) is 2.17. The third-order valence-electron chi connectivity index (χ3n) is 3.31. The molecule has 0 aliphatic heterocycles. The van der Waals surface area contributed by atoms with E-state index in [4.69, 9.17) is 0 Å². The molecular weight excluding hydrogens is 292 g/mol. The van der Waals surface area contributed by atoms with E-state index in [-0.39, 0.29) is 5.91 Å². The van der Waals surface area contributed by atoms with Gasteiger partial charge < -0.3 is 0 Å². The molecule has 0 spiro atoms. The van der Waals surface area contributed by atoms with Gasteiger partial charge in [-0.3, -0.25) is 4.79 Å². The predicted octanol–water partition coefficient (Wildman–Crippen LogP) is 3.75. The Morgan fingerprint density at radius 1 is 1.39 bits per heavy atom. The molecule has 4 heteroatoms. The standard InChI is InChI=1S/C14H17BrN2O/c1-10-6-2-5-9-13(10)16-17-14(18)11-7-3-4-8-12(11)15/h3-4,7-8,10H,2,5-6,9H2,1H3,(H,17,18)/b16-13-/t10-/m0/s1. The fourth-order valence-electron chi connectivity index (χ4n) is 2.16. The maximum atomic E-state index is 12.0. The fraction of sp³-hybridized carbons (Fsp3) is 0.429. The summed E-state index contributed by atoms with van der Waals surface area (Å²) in [6, 6.07) is 7.36. The smallest absolute Gasteiger partial charge is 0.267 e. The highest BCUT2D eigenvalue weighted by Crippen LogP contribution is 2.21. The van der Waals surface area contributed by atoms with Gasteiger partial charge >= 0.3 is 0 Å². The summed E-state index contributed by atoms with van der Waals surface area (Å²) in [5.41, 5.74) is 4.39. The number of nitrogens with zero attached hydrogens (tertiary/aromatic N) is 1. The third-order valence-corrected chi connectivity index (χ3v) is 4.00. The summed E-state index contributed by atoms with van der Waals surface area (Å²) < 4.78 is 0.791. The van der Waals surface area contributed by atoms with Crippen molar-refractivity contribution in [2.75, 3.05) is 0 Å². The first kappa shape index (κ1) is 13.3. The minimum atomic E-state index is -0.159. The largest absolute Gasteiger partial charge is 0.272 e. The molecule has 1 aliphatic rings. The van der Waals surface area contributed by atoms with Crippen LogP contribution >= 0.6 is 15.9 Å². The maximum Gasteiger partial charge on any atom is 0.272 e. The van der Waals surface area contributed by atoms with E-state index >= 15 is 0 Å². The van der Waals surface area contributed by atoms with E-state index in [1.165, 1.54) is 19.3 Å². The Balaban J connectivity index is 2.04. The number of hydrogen-bond acceptors (Lipinski definition) is 2. The van der Waals surface area contributed by atoms with Crippen LogP contribution in [0.25, 0.3) is 0 Å². The molecule has 1 saturated carbocycles. The van der Waals surface area contributed by atoms with Crippen molar-refractivity contribution in [3.05, 3.63) is 34.3 Å². The highest BCUT2D eigenvalue weighted by Gasteiger charge is 2.16. The van der Waals surface area contributed by atoms with Crippen LogP contribution in [0.15, 0.2) is 33.8 Å². The number of carbonyl (C=O) groups is 1. The van der Waals surface area contributed by atoms with Gasteiger partial charge in [0.1, 0.15) is 0 Å². The molecule has 0 radical (unpaired) electrons. The molecule has 0 saturated heterocycles. The van der Waals surface area contributed by atoms with E-state index < -0.39 is 0 Å². The fourth-order valence-corrected chi connectivity index (χ4v) is 2.63. The average molecular weight is 309 g/mol. The Morgan fingerprint density at radius 3 is 2.89 bits per heavy atom. The lowest BCUT2D eigenvalue weighted by Gasteiger charge is -2.19. The van der Waals surface area contributed by atoms with Crippen molar-refractivity contribution >= 4 is 27.5 Å². The van der Waals surface area contributed by atoms with Crippen LogP contribution in [0.1, 0.15) is 43.0 Å². The molecule has 0 unspecified atom stereocenters. The Hall–Kier alpha value is -1.16. The number of nitrogens with one attached hydrogen (secondary N) is 1. The van der Waals surface area contributed by atoms with Gasteiger partial charge in [-0.15, -0.1) is 0 Å². The van der Waals surface area contributed by atoms with Crippen molar-refractivity contribution < 1.29 is 4.79 Å². The lowest BCUT2D eigenvalue weighted by Crippen LogP contribution is -2.24. The Bertz CT molecular complexity index is 471. The van der Waals surface area contributed by atoms with Crippen molar-refractivity contribution in [2.45, 2.75) is 32.6 Å². The molecule has 96 valence electrons. The van der Waals surface area contributed by atoms with Gasteiger partial charge in [0.05, 0.1) is 5.56 Å². The summed E-state index contributed by atoms with van der Waals surface area (Å²) in [4.78, 5) is 12.0. The molecule has 3 nitrogen and oxygen atoms in total. The van der Waals surface area contributed by atoms with Gasteiger partial charge in [0.2, 0.25) is 0 Å². The van der Waals surface area contributed by atoms with Crippen LogP contribution in [-0.4, -0.2) is 11.6 Å². The summed E-state index contributed by atoms with van der Waals surface area (Å²) in [5, 5.41) is 4.28. The Kier molecular flexibility index (Phi) is 4.53. The van der Waals surface area contributed by atoms with Crippen LogP contribution in [-0.2, 0) is 0 Å². The summed E-state index contributed by atoms with van der Waals surface area (Å²) >= 11 is 3.37. The van der Waals surface area contributed by atoms with E-state index in [1.54, 1.807) is 6.07 Å². The van der Waals surface area contributed by atoms with E-state index in [0.717, 1.165) is 16.6 Å². The molecule has 1 aromatic carbocycles. The number of hydrogen-bond donors (Lipinski definition) is 1. The van der Waals surface area contributed by atoms with E-state index in [1.807, 2.05) is 18.2 Å². The quantitative estimate of drug-likeness (QED) is 0.831. The summed E-state index contributed by atoms with van der Waals surface area (Å²) in [7, 11) is 0. The average Bonchev–Trinajstić information content (AvgIpc) is 2.38. The van der Waals surface area contributed by atoms with Crippen LogP contribution in [0, 0.1) is 5.92 Å². The molecule has 1 fully saturated rings. The number of benzene rings is 1. The SMILES string of the molecule is C[C@H]1CCCC/C1=N/NC(=O)c1ccccc1Br. The van der Waals surface area contributed by atoms with Gasteiger partial charge in [0, 0.05) is 10.2 Å². The number of amides is 1. The van der Waals surface area contributed by atoms with Crippen LogP contribution < -0.4 is 5.43 Å². The summed E-state index contributed by atoms with van der Waals surface area (Å²) in [5.74, 6) is 0.325. The number of halogens is 1. The Labute approximate surface area is 116 Å². The van der Waals surface area contributed by atoms with Crippen molar-refractivity contribution in [3.8, 4) is 0 Å². The maximum absolute atomic E-state index is 12.0. The minimum Gasteiger partial charge on any atom is -0.267 e. The molecule has 1 amide bonds. The topological polar surface area (TPSA) is 41.5 Å². The second-order valence-electron chi connectivity index (χ2n) is 4.67. The van der Waals surface area contributed by atoms with Crippen LogP contribution in [0.3, 0.4) is 0 Å². The number of rotatable bonds is 2. The lowest BCUT2D eigenvalue weighted by molar-refractivity contribution is 0.0953. The van der Waals surface area contributed by atoms with E-state index in [0.29, 0.717) is 11.5 Å². The second kappa shape index (κ2) is 6.14.